The van der Waals surface area contributed by atoms with Gasteiger partial charge in [-0.2, -0.15) is 0 Å². The lowest BCUT2D eigenvalue weighted by atomic mass is 9.97. The molecule has 90 valence electrons. The van der Waals surface area contributed by atoms with Crippen molar-refractivity contribution >= 4 is 28.0 Å². The van der Waals surface area contributed by atoms with E-state index in [2.05, 4.69) is 5.16 Å². The summed E-state index contributed by atoms with van der Waals surface area (Å²) in [5.74, 6) is -1.11. The molecule has 0 aromatic carbocycles. The molecule has 0 amide bonds. The second kappa shape index (κ2) is 3.81. The number of nitro groups is 1. The van der Waals surface area contributed by atoms with E-state index in [4.69, 9.17) is 9.94 Å². The summed E-state index contributed by atoms with van der Waals surface area (Å²) in [4.78, 5) is 25.8. The lowest BCUT2D eigenvalue weighted by molar-refractivity contribution is -0.380. The maximum atomic E-state index is 10.9. The van der Waals surface area contributed by atoms with E-state index in [1.807, 2.05) is 0 Å². The number of rotatable bonds is 3. The van der Waals surface area contributed by atoms with Crippen LogP contribution in [0.1, 0.15) is 18.9 Å². The van der Waals surface area contributed by atoms with Crippen LogP contribution in [0.25, 0.3) is 0 Å². The van der Waals surface area contributed by atoms with Crippen LogP contribution in [0.2, 0.25) is 0 Å². The molecule has 1 aliphatic rings. The van der Waals surface area contributed by atoms with E-state index in [-0.39, 0.29) is 11.4 Å². The lowest BCUT2D eigenvalue weighted by Crippen LogP contribution is -2.35. The van der Waals surface area contributed by atoms with Crippen LogP contribution in [0.5, 0.6) is 0 Å². The van der Waals surface area contributed by atoms with Crippen molar-refractivity contribution in [2.75, 3.05) is 0 Å². The number of oxime groups is 1. The van der Waals surface area contributed by atoms with Crippen molar-refractivity contribution in [3.05, 3.63) is 27.1 Å². The predicted octanol–water partition coefficient (Wildman–Crippen LogP) is 1.62. The van der Waals surface area contributed by atoms with E-state index in [9.17, 15) is 14.9 Å². The number of nitrogens with zero attached hydrogens (tertiary/aromatic N) is 2. The predicted molar refractivity (Wildman–Crippen MR) is 59.3 cm³/mol. The van der Waals surface area contributed by atoms with Gasteiger partial charge in [0, 0.05) is 23.4 Å². The van der Waals surface area contributed by atoms with Crippen LogP contribution in [-0.4, -0.2) is 27.3 Å². The molecule has 0 saturated carbocycles. The van der Waals surface area contributed by atoms with Crippen LogP contribution in [0.3, 0.4) is 0 Å². The van der Waals surface area contributed by atoms with Gasteiger partial charge in [0.1, 0.15) is 0 Å². The Balaban J connectivity index is 2.20. The van der Waals surface area contributed by atoms with Gasteiger partial charge >= 0.3 is 11.0 Å². The molecule has 1 aromatic rings. The van der Waals surface area contributed by atoms with Gasteiger partial charge < -0.3 is 9.94 Å². The van der Waals surface area contributed by atoms with Crippen LogP contribution in [0.4, 0.5) is 5.00 Å². The Bertz CT molecular complexity index is 523. The standard InChI is InChI=1S/C9H8N2O5S/c1-9(8(12)13)3-6(10-16-9)5-2-7(11(14)15)17-4-5/h2,4H,3H2,1H3,(H,12,13). The van der Waals surface area contributed by atoms with E-state index < -0.39 is 16.5 Å². The van der Waals surface area contributed by atoms with Crippen molar-refractivity contribution in [3.8, 4) is 0 Å². The van der Waals surface area contributed by atoms with Gasteiger partial charge in [0.15, 0.2) is 0 Å². The first kappa shape index (κ1) is 11.5. The highest BCUT2D eigenvalue weighted by Gasteiger charge is 2.42. The Morgan fingerprint density at radius 1 is 1.76 bits per heavy atom. The summed E-state index contributed by atoms with van der Waals surface area (Å²) in [5, 5.41) is 24.7. The Morgan fingerprint density at radius 2 is 2.47 bits per heavy atom. The molecule has 0 spiro atoms. The highest BCUT2D eigenvalue weighted by Crippen LogP contribution is 2.30. The largest absolute Gasteiger partial charge is 0.478 e. The minimum Gasteiger partial charge on any atom is -0.478 e. The molecule has 1 aromatic heterocycles. The van der Waals surface area contributed by atoms with Crippen molar-refractivity contribution in [1.82, 2.24) is 0 Å². The second-order valence-electron chi connectivity index (χ2n) is 3.77. The monoisotopic (exact) mass is 256 g/mol. The van der Waals surface area contributed by atoms with Crippen LogP contribution < -0.4 is 0 Å². The van der Waals surface area contributed by atoms with Crippen LogP contribution >= 0.6 is 11.3 Å². The molecule has 1 atom stereocenters. The molecular formula is C9H8N2O5S. The zero-order valence-electron chi connectivity index (χ0n) is 8.74. The van der Waals surface area contributed by atoms with E-state index in [1.165, 1.54) is 13.0 Å². The van der Waals surface area contributed by atoms with Gasteiger partial charge in [-0.3, -0.25) is 10.1 Å². The SMILES string of the molecule is CC1(C(=O)O)CC(c2csc([N+](=O)[O-])c2)=NO1. The quantitative estimate of drug-likeness (QED) is 0.654. The summed E-state index contributed by atoms with van der Waals surface area (Å²) in [6.07, 6.45) is 0.0935. The Labute approximate surface area is 99.5 Å². The van der Waals surface area contributed by atoms with Crippen LogP contribution in [0.15, 0.2) is 16.6 Å². The number of hydrogen-bond acceptors (Lipinski definition) is 6. The fraction of sp³-hybridized carbons (Fsp3) is 0.333. The van der Waals surface area contributed by atoms with Crippen molar-refractivity contribution in [2.24, 2.45) is 5.16 Å². The highest BCUT2D eigenvalue weighted by atomic mass is 32.1. The summed E-state index contributed by atoms with van der Waals surface area (Å²) in [7, 11) is 0. The fourth-order valence-corrected chi connectivity index (χ4v) is 2.11. The third-order valence-corrected chi connectivity index (χ3v) is 3.29. The molecule has 0 aliphatic carbocycles. The maximum Gasteiger partial charge on any atom is 0.351 e. The van der Waals surface area contributed by atoms with E-state index in [0.717, 1.165) is 11.3 Å². The van der Waals surface area contributed by atoms with Gasteiger partial charge in [0.25, 0.3) is 0 Å². The molecule has 1 N–H and O–H groups in total. The van der Waals surface area contributed by atoms with E-state index in [0.29, 0.717) is 11.3 Å². The number of thiophene rings is 1. The third-order valence-electron chi connectivity index (χ3n) is 2.41. The summed E-state index contributed by atoms with van der Waals surface area (Å²) in [6, 6.07) is 1.36. The van der Waals surface area contributed by atoms with Gasteiger partial charge in [-0.1, -0.05) is 16.5 Å². The molecule has 0 fully saturated rings. The number of hydrogen-bond donors (Lipinski definition) is 1. The Kier molecular flexibility index (Phi) is 2.58. The van der Waals surface area contributed by atoms with Crippen LogP contribution in [0, 0.1) is 10.1 Å². The van der Waals surface area contributed by atoms with Crippen molar-refractivity contribution in [1.29, 1.82) is 0 Å². The zero-order chi connectivity index (χ0) is 12.6. The normalized spacial score (nSPS) is 23.0. The fourth-order valence-electron chi connectivity index (χ4n) is 1.38. The topological polar surface area (TPSA) is 102 Å². The van der Waals surface area contributed by atoms with E-state index >= 15 is 0 Å². The molecule has 2 rings (SSSR count). The Morgan fingerprint density at radius 3 is 2.94 bits per heavy atom. The summed E-state index contributed by atoms with van der Waals surface area (Å²) >= 11 is 0.970. The van der Waals surface area contributed by atoms with Gasteiger partial charge in [-0.15, -0.1) is 0 Å². The number of carboxylic acids is 1. The first-order valence-electron chi connectivity index (χ1n) is 4.64. The molecule has 1 aliphatic heterocycles. The zero-order valence-corrected chi connectivity index (χ0v) is 9.56. The minimum atomic E-state index is -1.38. The highest BCUT2D eigenvalue weighted by molar-refractivity contribution is 7.13. The van der Waals surface area contributed by atoms with Crippen LogP contribution in [-0.2, 0) is 9.63 Å². The molecule has 17 heavy (non-hydrogen) atoms. The molecule has 0 saturated heterocycles. The maximum absolute atomic E-state index is 10.9. The van der Waals surface area contributed by atoms with Gasteiger partial charge in [0.05, 0.1) is 10.6 Å². The Hall–Kier alpha value is -1.96. The van der Waals surface area contributed by atoms with Gasteiger partial charge in [0.2, 0.25) is 5.60 Å². The van der Waals surface area contributed by atoms with Crippen molar-refractivity contribution in [3.63, 3.8) is 0 Å². The third kappa shape index (κ3) is 1.98. The molecule has 1 unspecified atom stereocenters. The first-order valence-corrected chi connectivity index (χ1v) is 5.52. The van der Waals surface area contributed by atoms with E-state index in [1.54, 1.807) is 5.38 Å². The molecule has 7 nitrogen and oxygen atoms in total. The second-order valence-corrected chi connectivity index (χ2v) is 4.66. The number of carboxylic acid groups (broad SMARTS) is 1. The summed E-state index contributed by atoms with van der Waals surface area (Å²) in [6.45, 7) is 1.41. The molecule has 0 radical (unpaired) electrons. The number of aliphatic carboxylic acids is 1. The van der Waals surface area contributed by atoms with Crippen molar-refractivity contribution < 1.29 is 19.7 Å². The molecule has 8 heteroatoms. The summed E-state index contributed by atoms with van der Waals surface area (Å²) < 4.78 is 0. The average molecular weight is 256 g/mol. The number of carbonyl (C=O) groups is 1. The molecule has 2 heterocycles. The smallest absolute Gasteiger partial charge is 0.351 e. The molecular weight excluding hydrogens is 248 g/mol. The van der Waals surface area contributed by atoms with Gasteiger partial charge in [-0.25, -0.2) is 4.79 Å². The minimum absolute atomic E-state index is 0.00775. The van der Waals surface area contributed by atoms with Gasteiger partial charge in [-0.05, 0) is 6.92 Å². The lowest BCUT2D eigenvalue weighted by Gasteiger charge is -2.14. The average Bonchev–Trinajstić information content (AvgIpc) is 2.84. The first-order chi connectivity index (χ1) is 7.92. The molecule has 0 bridgehead atoms. The summed E-state index contributed by atoms with van der Waals surface area (Å²) in [5.41, 5.74) is -0.433. The van der Waals surface area contributed by atoms with Crippen molar-refractivity contribution in [2.45, 2.75) is 18.9 Å².